The van der Waals surface area contributed by atoms with E-state index < -0.39 is 11.7 Å². The highest BCUT2D eigenvalue weighted by atomic mass is 16.6. The predicted molar refractivity (Wildman–Crippen MR) is 85.4 cm³/mol. The zero-order valence-electron chi connectivity index (χ0n) is 14.6. The molecule has 0 fully saturated rings. The monoisotopic (exact) mass is 334 g/mol. The number of hydrogen-bond donors (Lipinski definition) is 2. The van der Waals surface area contributed by atoms with Crippen LogP contribution < -0.4 is 10.6 Å². The summed E-state index contributed by atoms with van der Waals surface area (Å²) in [5, 5.41) is 5.51. The van der Waals surface area contributed by atoms with Crippen molar-refractivity contribution >= 4 is 12.1 Å². The molecule has 8 heteroatoms. The highest BCUT2D eigenvalue weighted by molar-refractivity contribution is 5.71. The molecule has 0 aromatic rings. The summed E-state index contributed by atoms with van der Waals surface area (Å²) in [6.07, 6.45) is -0.454. The Labute approximate surface area is 138 Å². The van der Waals surface area contributed by atoms with E-state index in [9.17, 15) is 9.59 Å². The van der Waals surface area contributed by atoms with Gasteiger partial charge in [-0.3, -0.25) is 4.79 Å². The third-order valence-electron chi connectivity index (χ3n) is 2.28. The van der Waals surface area contributed by atoms with Gasteiger partial charge < -0.3 is 29.6 Å². The second-order valence-corrected chi connectivity index (χ2v) is 5.64. The number of esters is 1. The van der Waals surface area contributed by atoms with Crippen molar-refractivity contribution in [1.82, 2.24) is 10.6 Å². The molecule has 0 unspecified atom stereocenters. The van der Waals surface area contributed by atoms with E-state index in [0.717, 1.165) is 0 Å². The van der Waals surface area contributed by atoms with Crippen molar-refractivity contribution in [1.29, 1.82) is 0 Å². The lowest BCUT2D eigenvalue weighted by Crippen LogP contribution is -2.34. The first-order chi connectivity index (χ1) is 10.8. The van der Waals surface area contributed by atoms with Crippen molar-refractivity contribution in [2.75, 3.05) is 52.7 Å². The van der Waals surface area contributed by atoms with Crippen molar-refractivity contribution in [3.05, 3.63) is 0 Å². The zero-order valence-corrected chi connectivity index (χ0v) is 14.6. The smallest absolute Gasteiger partial charge is 0.407 e. The fourth-order valence-electron chi connectivity index (χ4n) is 1.41. The van der Waals surface area contributed by atoms with E-state index in [0.29, 0.717) is 46.1 Å². The highest BCUT2D eigenvalue weighted by Gasteiger charge is 2.15. The number of carbonyl (C=O) groups excluding carboxylic acids is 2. The molecule has 8 nitrogen and oxygen atoms in total. The molecule has 0 spiro atoms. The van der Waals surface area contributed by atoms with E-state index in [4.69, 9.17) is 18.9 Å². The summed E-state index contributed by atoms with van der Waals surface area (Å²) in [6, 6.07) is 0. The topological polar surface area (TPSA) is 95.1 Å². The van der Waals surface area contributed by atoms with Crippen LogP contribution >= 0.6 is 0 Å². The van der Waals surface area contributed by atoms with Gasteiger partial charge in [0.1, 0.15) is 5.60 Å². The molecule has 23 heavy (non-hydrogen) atoms. The quantitative estimate of drug-likeness (QED) is 0.400. The summed E-state index contributed by atoms with van der Waals surface area (Å²) in [4.78, 5) is 22.3. The highest BCUT2D eigenvalue weighted by Crippen LogP contribution is 2.05. The molecule has 0 bridgehead atoms. The van der Waals surface area contributed by atoms with Gasteiger partial charge in [-0.25, -0.2) is 4.79 Å². The lowest BCUT2D eigenvalue weighted by atomic mass is 10.2. The average molecular weight is 334 g/mol. The standard InChI is InChI=1S/C15H30N2O6/c1-5-22-13(18)12-16-6-8-20-10-11-21-9-7-17-14(19)23-15(2,3)4/h16H,5-12H2,1-4H3,(H,17,19). The third-order valence-corrected chi connectivity index (χ3v) is 2.28. The Morgan fingerprint density at radius 1 is 0.957 bits per heavy atom. The fourth-order valence-corrected chi connectivity index (χ4v) is 1.41. The van der Waals surface area contributed by atoms with E-state index in [-0.39, 0.29) is 12.5 Å². The van der Waals surface area contributed by atoms with Crippen LogP contribution in [-0.4, -0.2) is 70.3 Å². The number of rotatable bonds is 12. The van der Waals surface area contributed by atoms with Crippen LogP contribution in [0.3, 0.4) is 0 Å². The van der Waals surface area contributed by atoms with Gasteiger partial charge in [-0.05, 0) is 27.7 Å². The number of amides is 1. The Kier molecular flexibility index (Phi) is 12.3. The first-order valence-electron chi connectivity index (χ1n) is 7.84. The first kappa shape index (κ1) is 21.6. The molecule has 0 aliphatic rings. The number of carbonyl (C=O) groups is 2. The number of alkyl carbamates (subject to hydrolysis) is 1. The van der Waals surface area contributed by atoms with E-state index in [1.54, 1.807) is 6.92 Å². The second kappa shape index (κ2) is 13.1. The molecular weight excluding hydrogens is 304 g/mol. The van der Waals surface area contributed by atoms with Crippen molar-refractivity contribution in [3.8, 4) is 0 Å². The Hall–Kier alpha value is -1.38. The van der Waals surface area contributed by atoms with E-state index in [1.807, 2.05) is 20.8 Å². The largest absolute Gasteiger partial charge is 0.465 e. The van der Waals surface area contributed by atoms with Gasteiger partial charge in [0.05, 0.1) is 39.6 Å². The summed E-state index contributed by atoms with van der Waals surface area (Å²) in [5.74, 6) is -0.270. The van der Waals surface area contributed by atoms with Gasteiger partial charge in [-0.1, -0.05) is 0 Å². The Balaban J connectivity index is 3.25. The molecule has 0 saturated heterocycles. The second-order valence-electron chi connectivity index (χ2n) is 5.64. The molecule has 0 radical (unpaired) electrons. The van der Waals surface area contributed by atoms with Crippen LogP contribution in [0.15, 0.2) is 0 Å². The van der Waals surface area contributed by atoms with Crippen LogP contribution in [0.25, 0.3) is 0 Å². The SMILES string of the molecule is CCOC(=O)CNCCOCCOCCNC(=O)OC(C)(C)C. The lowest BCUT2D eigenvalue weighted by molar-refractivity contribution is -0.142. The minimum absolute atomic E-state index is 0.185. The average Bonchev–Trinajstić information content (AvgIpc) is 2.43. The molecule has 136 valence electrons. The number of ether oxygens (including phenoxy) is 4. The van der Waals surface area contributed by atoms with Crippen molar-refractivity contribution < 1.29 is 28.5 Å². The molecule has 0 heterocycles. The molecule has 0 saturated carbocycles. The summed E-state index contributed by atoms with van der Waals surface area (Å²) < 4.78 is 20.5. The van der Waals surface area contributed by atoms with E-state index in [2.05, 4.69) is 10.6 Å². The minimum atomic E-state index is -0.500. The Bertz CT molecular complexity index is 330. The molecule has 0 rings (SSSR count). The minimum Gasteiger partial charge on any atom is -0.465 e. The summed E-state index contributed by atoms with van der Waals surface area (Å²) in [5.41, 5.74) is -0.500. The van der Waals surface area contributed by atoms with E-state index in [1.165, 1.54) is 0 Å². The number of hydrogen-bond acceptors (Lipinski definition) is 7. The van der Waals surface area contributed by atoms with Crippen LogP contribution in [0, 0.1) is 0 Å². The van der Waals surface area contributed by atoms with Gasteiger partial charge in [0.2, 0.25) is 0 Å². The van der Waals surface area contributed by atoms with Crippen molar-refractivity contribution in [2.45, 2.75) is 33.3 Å². The van der Waals surface area contributed by atoms with Crippen LogP contribution in [0.1, 0.15) is 27.7 Å². The molecule has 0 aromatic heterocycles. The van der Waals surface area contributed by atoms with Gasteiger partial charge in [0.25, 0.3) is 0 Å². The molecular formula is C15H30N2O6. The summed E-state index contributed by atoms with van der Waals surface area (Å²) in [7, 11) is 0. The molecule has 2 N–H and O–H groups in total. The zero-order chi connectivity index (χ0) is 17.6. The van der Waals surface area contributed by atoms with Crippen LogP contribution in [0.4, 0.5) is 4.79 Å². The molecule has 0 aromatic carbocycles. The van der Waals surface area contributed by atoms with Gasteiger partial charge in [-0.15, -0.1) is 0 Å². The molecule has 0 aliphatic carbocycles. The Morgan fingerprint density at radius 3 is 2.13 bits per heavy atom. The fraction of sp³-hybridized carbons (Fsp3) is 0.867. The predicted octanol–water partition coefficient (Wildman–Crippen LogP) is 0.697. The van der Waals surface area contributed by atoms with Gasteiger partial charge in [-0.2, -0.15) is 0 Å². The first-order valence-corrected chi connectivity index (χ1v) is 7.84. The van der Waals surface area contributed by atoms with Gasteiger partial charge in [0.15, 0.2) is 0 Å². The van der Waals surface area contributed by atoms with Crippen molar-refractivity contribution in [3.63, 3.8) is 0 Å². The molecule has 0 atom stereocenters. The summed E-state index contributed by atoms with van der Waals surface area (Å²) >= 11 is 0. The molecule has 1 amide bonds. The van der Waals surface area contributed by atoms with Crippen molar-refractivity contribution in [2.24, 2.45) is 0 Å². The third kappa shape index (κ3) is 16.8. The van der Waals surface area contributed by atoms with Gasteiger partial charge in [0, 0.05) is 13.1 Å². The van der Waals surface area contributed by atoms with E-state index >= 15 is 0 Å². The molecule has 0 aliphatic heterocycles. The number of nitrogens with one attached hydrogen (secondary N) is 2. The van der Waals surface area contributed by atoms with Crippen LogP contribution in [0.5, 0.6) is 0 Å². The maximum atomic E-state index is 11.3. The summed E-state index contributed by atoms with van der Waals surface area (Å²) in [6.45, 7) is 10.5. The van der Waals surface area contributed by atoms with Crippen LogP contribution in [-0.2, 0) is 23.7 Å². The normalized spacial score (nSPS) is 11.1. The maximum Gasteiger partial charge on any atom is 0.407 e. The Morgan fingerprint density at radius 2 is 1.57 bits per heavy atom. The maximum absolute atomic E-state index is 11.3. The van der Waals surface area contributed by atoms with Crippen LogP contribution in [0.2, 0.25) is 0 Å². The van der Waals surface area contributed by atoms with Gasteiger partial charge >= 0.3 is 12.1 Å². The lowest BCUT2D eigenvalue weighted by Gasteiger charge is -2.19.